The third-order valence-corrected chi connectivity index (χ3v) is 7.75. The number of anilines is 2. The Hall–Kier alpha value is -2.34. The number of benzene rings is 2. The number of aryl methyl sites for hydroxylation is 1. The Morgan fingerprint density at radius 3 is 2.48 bits per heavy atom. The van der Waals surface area contributed by atoms with Crippen molar-refractivity contribution in [1.82, 2.24) is 0 Å². The molecular formula is C23H23FN2O2S. The van der Waals surface area contributed by atoms with Crippen LogP contribution in [0.1, 0.15) is 49.8 Å². The van der Waals surface area contributed by atoms with Gasteiger partial charge in [-0.1, -0.05) is 24.6 Å². The Morgan fingerprint density at radius 2 is 1.79 bits per heavy atom. The van der Waals surface area contributed by atoms with Gasteiger partial charge in [0.1, 0.15) is 5.82 Å². The zero-order chi connectivity index (χ0) is 20.7. The van der Waals surface area contributed by atoms with E-state index in [0.29, 0.717) is 11.6 Å². The molecule has 4 nitrogen and oxygen atoms in total. The fourth-order valence-corrected chi connectivity index (χ4v) is 6.65. The lowest BCUT2D eigenvalue weighted by atomic mass is 9.80. The van der Waals surface area contributed by atoms with Gasteiger partial charge in [0.05, 0.1) is 11.4 Å². The summed E-state index contributed by atoms with van der Waals surface area (Å²) < 4.78 is 13.5. The molecule has 3 heterocycles. The van der Waals surface area contributed by atoms with E-state index in [1.807, 2.05) is 17.9 Å². The van der Waals surface area contributed by atoms with E-state index >= 15 is 0 Å². The van der Waals surface area contributed by atoms with Gasteiger partial charge in [0, 0.05) is 16.8 Å². The first-order valence-electron chi connectivity index (χ1n) is 9.89. The number of nitrogens with zero attached hydrogens (tertiary/aromatic N) is 2. The molecule has 1 fully saturated rings. The molecule has 5 rings (SSSR count). The van der Waals surface area contributed by atoms with E-state index in [-0.39, 0.29) is 28.9 Å². The number of carbonyl (C=O) groups excluding carboxylic acids is 2. The van der Waals surface area contributed by atoms with Crippen LogP contribution in [0.3, 0.4) is 0 Å². The molecule has 2 amide bonds. The molecule has 0 N–H and O–H groups in total. The second-order valence-electron chi connectivity index (χ2n) is 8.95. The van der Waals surface area contributed by atoms with E-state index in [0.717, 1.165) is 23.2 Å². The number of fused-ring (bicyclic) bond motifs is 1. The number of halogens is 1. The fraction of sp³-hybridized carbons (Fsp3) is 0.391. The van der Waals surface area contributed by atoms with E-state index in [1.54, 1.807) is 17.0 Å². The Bertz CT molecular complexity index is 1070. The van der Waals surface area contributed by atoms with E-state index in [4.69, 9.17) is 0 Å². The SMILES string of the molecule is Cc1cc2c3c(c1)[C@]1(SCC(=O)N1c1ccc(F)cc1)C(=O)N3C(C)(C)C[C@H]2C. The highest BCUT2D eigenvalue weighted by Crippen LogP contribution is 2.61. The van der Waals surface area contributed by atoms with Crippen molar-refractivity contribution in [3.8, 4) is 0 Å². The van der Waals surface area contributed by atoms with Crippen LogP contribution in [0.5, 0.6) is 0 Å². The summed E-state index contributed by atoms with van der Waals surface area (Å²) in [5.41, 5.74) is 4.30. The van der Waals surface area contributed by atoms with E-state index in [2.05, 4.69) is 26.8 Å². The van der Waals surface area contributed by atoms with Crippen LogP contribution >= 0.6 is 11.8 Å². The number of rotatable bonds is 1. The van der Waals surface area contributed by atoms with Crippen molar-refractivity contribution in [1.29, 1.82) is 0 Å². The Labute approximate surface area is 174 Å². The molecule has 0 unspecified atom stereocenters. The molecule has 0 bridgehead atoms. The highest BCUT2D eigenvalue weighted by molar-refractivity contribution is 8.02. The molecule has 150 valence electrons. The number of hydrogen-bond donors (Lipinski definition) is 0. The second-order valence-corrected chi connectivity index (χ2v) is 10.1. The zero-order valence-corrected chi connectivity index (χ0v) is 17.8. The number of hydrogen-bond acceptors (Lipinski definition) is 3. The van der Waals surface area contributed by atoms with Crippen LogP contribution in [0.25, 0.3) is 0 Å². The van der Waals surface area contributed by atoms with Crippen LogP contribution < -0.4 is 9.80 Å². The average molecular weight is 411 g/mol. The summed E-state index contributed by atoms with van der Waals surface area (Å²) in [4.78, 5) is 29.5. The first kappa shape index (κ1) is 18.7. The summed E-state index contributed by atoms with van der Waals surface area (Å²) >= 11 is 1.38. The van der Waals surface area contributed by atoms with Gasteiger partial charge < -0.3 is 4.90 Å². The minimum absolute atomic E-state index is 0.0728. The Kier molecular flexibility index (Phi) is 3.77. The van der Waals surface area contributed by atoms with Crippen LogP contribution in [-0.2, 0) is 14.5 Å². The van der Waals surface area contributed by atoms with E-state index in [9.17, 15) is 14.0 Å². The maximum Gasteiger partial charge on any atom is 0.269 e. The molecule has 6 heteroatoms. The first-order chi connectivity index (χ1) is 13.7. The van der Waals surface area contributed by atoms with E-state index in [1.165, 1.54) is 29.5 Å². The first-order valence-corrected chi connectivity index (χ1v) is 10.9. The predicted molar refractivity (Wildman–Crippen MR) is 114 cm³/mol. The lowest BCUT2D eigenvalue weighted by Crippen LogP contribution is -2.56. The lowest BCUT2D eigenvalue weighted by molar-refractivity contribution is -0.124. The van der Waals surface area contributed by atoms with Crippen LogP contribution in [-0.4, -0.2) is 23.1 Å². The predicted octanol–water partition coefficient (Wildman–Crippen LogP) is 4.70. The maximum atomic E-state index is 14.1. The summed E-state index contributed by atoms with van der Waals surface area (Å²) in [6.07, 6.45) is 0.861. The number of thioether (sulfide) groups is 1. The maximum absolute atomic E-state index is 14.1. The summed E-state index contributed by atoms with van der Waals surface area (Å²) in [5, 5.41) is 0. The highest BCUT2D eigenvalue weighted by Gasteiger charge is 2.64. The quantitative estimate of drug-likeness (QED) is 0.684. The van der Waals surface area contributed by atoms with Crippen LogP contribution in [0.2, 0.25) is 0 Å². The smallest absolute Gasteiger partial charge is 0.269 e. The molecule has 1 spiro atoms. The monoisotopic (exact) mass is 410 g/mol. The second kappa shape index (κ2) is 5.85. The van der Waals surface area contributed by atoms with Gasteiger partial charge in [-0.15, -0.1) is 11.8 Å². The molecule has 0 aliphatic carbocycles. The summed E-state index contributed by atoms with van der Waals surface area (Å²) in [5.74, 6) is -0.0326. The minimum atomic E-state index is -1.13. The molecule has 29 heavy (non-hydrogen) atoms. The average Bonchev–Trinajstić information content (AvgIpc) is 3.11. The molecular weight excluding hydrogens is 387 g/mol. The lowest BCUT2D eigenvalue weighted by Gasteiger charge is -2.44. The molecule has 0 saturated carbocycles. The van der Waals surface area contributed by atoms with Gasteiger partial charge >= 0.3 is 0 Å². The molecule has 2 aromatic rings. The Morgan fingerprint density at radius 1 is 1.10 bits per heavy atom. The molecule has 2 aromatic carbocycles. The van der Waals surface area contributed by atoms with Gasteiger partial charge in [0.25, 0.3) is 5.91 Å². The topological polar surface area (TPSA) is 40.6 Å². The fourth-order valence-electron chi connectivity index (χ4n) is 5.33. The van der Waals surface area contributed by atoms with Crippen molar-refractivity contribution in [2.24, 2.45) is 0 Å². The van der Waals surface area contributed by atoms with Crippen molar-refractivity contribution < 1.29 is 14.0 Å². The van der Waals surface area contributed by atoms with Gasteiger partial charge in [-0.2, -0.15) is 0 Å². The third kappa shape index (κ3) is 2.32. The molecule has 0 aromatic heterocycles. The summed E-state index contributed by atoms with van der Waals surface area (Å²) in [6.45, 7) is 8.43. The summed E-state index contributed by atoms with van der Waals surface area (Å²) in [6, 6.07) is 10.1. The Balaban J connectivity index is 1.81. The molecule has 3 aliphatic heterocycles. The minimum Gasteiger partial charge on any atom is -0.303 e. The summed E-state index contributed by atoms with van der Waals surface area (Å²) in [7, 11) is 0. The van der Waals surface area contributed by atoms with Crippen molar-refractivity contribution in [2.75, 3.05) is 15.6 Å². The molecule has 0 radical (unpaired) electrons. The standard InChI is InChI=1S/C23H23FN2O2S/c1-13-9-17-14(2)11-22(3,4)26-20(17)18(10-13)23(21(26)28)25(19(27)12-29-23)16-7-5-15(24)6-8-16/h5-10,14H,11-12H2,1-4H3/t14-,23+/m1/s1. The van der Waals surface area contributed by atoms with Crippen LogP contribution in [0.4, 0.5) is 15.8 Å². The largest absolute Gasteiger partial charge is 0.303 e. The zero-order valence-electron chi connectivity index (χ0n) is 17.0. The van der Waals surface area contributed by atoms with Crippen molar-refractivity contribution in [3.63, 3.8) is 0 Å². The van der Waals surface area contributed by atoms with Gasteiger partial charge in [0.2, 0.25) is 10.8 Å². The van der Waals surface area contributed by atoms with Gasteiger partial charge in [-0.3, -0.25) is 14.5 Å². The van der Waals surface area contributed by atoms with Gasteiger partial charge in [-0.25, -0.2) is 4.39 Å². The van der Waals surface area contributed by atoms with Crippen LogP contribution in [0.15, 0.2) is 36.4 Å². The number of carbonyl (C=O) groups is 2. The van der Waals surface area contributed by atoms with Crippen molar-refractivity contribution in [3.05, 3.63) is 58.9 Å². The van der Waals surface area contributed by atoms with Crippen molar-refractivity contribution in [2.45, 2.75) is 50.4 Å². The molecule has 2 atom stereocenters. The molecule has 1 saturated heterocycles. The van der Waals surface area contributed by atoms with Gasteiger partial charge in [0.15, 0.2) is 0 Å². The normalized spacial score (nSPS) is 27.1. The van der Waals surface area contributed by atoms with E-state index < -0.39 is 4.87 Å². The molecule has 3 aliphatic rings. The third-order valence-electron chi connectivity index (χ3n) is 6.36. The van der Waals surface area contributed by atoms with Crippen LogP contribution in [0, 0.1) is 12.7 Å². The van der Waals surface area contributed by atoms with Crippen molar-refractivity contribution >= 4 is 35.0 Å². The highest BCUT2D eigenvalue weighted by atomic mass is 32.2. The van der Waals surface area contributed by atoms with Gasteiger partial charge in [-0.05, 0) is 62.9 Å². The number of amides is 2.